The molecule has 0 aliphatic rings. The third-order valence-corrected chi connectivity index (χ3v) is 4.96. The van der Waals surface area contributed by atoms with Crippen molar-refractivity contribution in [3.05, 3.63) is 62.6 Å². The lowest BCUT2D eigenvalue weighted by Gasteiger charge is -2.22. The van der Waals surface area contributed by atoms with E-state index in [0.717, 1.165) is 16.6 Å². The summed E-state index contributed by atoms with van der Waals surface area (Å²) in [4.78, 5) is 22.5. The second-order valence-electron chi connectivity index (χ2n) is 5.22. The number of hydrogen-bond donors (Lipinski definition) is 1. The molecule has 0 bridgehead atoms. The molecule has 1 N–H and O–H groups in total. The van der Waals surface area contributed by atoms with Crippen molar-refractivity contribution in [1.82, 2.24) is 0 Å². The van der Waals surface area contributed by atoms with E-state index in [2.05, 4.69) is 5.32 Å². The van der Waals surface area contributed by atoms with Crippen molar-refractivity contribution in [1.29, 1.82) is 0 Å². The van der Waals surface area contributed by atoms with Gasteiger partial charge in [-0.1, -0.05) is 23.2 Å². The summed E-state index contributed by atoms with van der Waals surface area (Å²) in [5.41, 5.74) is -0.00464. The molecule has 0 heterocycles. The number of nitro groups is 1. The first kappa shape index (κ1) is 20.0. The predicted molar refractivity (Wildman–Crippen MR) is 100 cm³/mol. The van der Waals surface area contributed by atoms with Crippen LogP contribution >= 0.6 is 23.2 Å². The van der Waals surface area contributed by atoms with E-state index in [1.54, 1.807) is 0 Å². The molecular weight excluding hydrogens is 405 g/mol. The Labute approximate surface area is 159 Å². The van der Waals surface area contributed by atoms with Crippen molar-refractivity contribution in [3.8, 4) is 0 Å². The normalized spacial score (nSPS) is 11.0. The number of nitro benzene ring substituents is 1. The van der Waals surface area contributed by atoms with Crippen LogP contribution in [0.4, 0.5) is 17.1 Å². The monoisotopic (exact) mass is 417 g/mol. The molecule has 0 aliphatic heterocycles. The van der Waals surface area contributed by atoms with Gasteiger partial charge in [0, 0.05) is 17.2 Å². The summed E-state index contributed by atoms with van der Waals surface area (Å²) >= 11 is 11.7. The molecule has 0 spiro atoms. The number of non-ortho nitro benzene ring substituents is 1. The number of hydrogen-bond acceptors (Lipinski definition) is 5. The third kappa shape index (κ3) is 5.07. The molecule has 0 radical (unpaired) electrons. The number of carbonyl (C=O) groups is 1. The zero-order valence-electron chi connectivity index (χ0n) is 13.3. The molecule has 0 atom stereocenters. The second kappa shape index (κ2) is 7.90. The number of halogens is 2. The molecule has 0 unspecified atom stereocenters. The topological polar surface area (TPSA) is 110 Å². The fourth-order valence-electron chi connectivity index (χ4n) is 2.05. The molecular formula is C15H13Cl2N3O5S. The van der Waals surface area contributed by atoms with E-state index in [0.29, 0.717) is 5.02 Å². The average molecular weight is 418 g/mol. The van der Waals surface area contributed by atoms with Crippen LogP contribution in [0, 0.1) is 10.1 Å². The highest BCUT2D eigenvalue weighted by molar-refractivity contribution is 7.92. The van der Waals surface area contributed by atoms with Crippen LogP contribution in [-0.2, 0) is 14.8 Å². The predicted octanol–water partition coefficient (Wildman–Crippen LogP) is 3.31. The first-order valence-corrected chi connectivity index (χ1v) is 9.65. The number of rotatable bonds is 6. The minimum atomic E-state index is -3.76. The van der Waals surface area contributed by atoms with Crippen molar-refractivity contribution in [2.45, 2.75) is 0 Å². The molecule has 0 aromatic heterocycles. The van der Waals surface area contributed by atoms with Gasteiger partial charge in [0.25, 0.3) is 5.69 Å². The Bertz CT molecular complexity index is 948. The fourth-order valence-corrected chi connectivity index (χ4v) is 3.20. The summed E-state index contributed by atoms with van der Waals surface area (Å²) in [6.07, 6.45) is 0.954. The van der Waals surface area contributed by atoms with Crippen LogP contribution in [0.5, 0.6) is 0 Å². The van der Waals surface area contributed by atoms with Gasteiger partial charge in [-0.15, -0.1) is 0 Å². The fraction of sp³-hybridized carbons (Fsp3) is 0.133. The maximum atomic E-state index is 12.3. The highest BCUT2D eigenvalue weighted by Crippen LogP contribution is 2.27. The Balaban J connectivity index is 2.24. The number of benzene rings is 2. The summed E-state index contributed by atoms with van der Waals surface area (Å²) in [5.74, 6) is -0.715. The smallest absolute Gasteiger partial charge is 0.271 e. The summed E-state index contributed by atoms with van der Waals surface area (Å²) in [5, 5.41) is 13.7. The Morgan fingerprint density at radius 3 is 2.35 bits per heavy atom. The van der Waals surface area contributed by atoms with Crippen LogP contribution in [-0.4, -0.2) is 32.0 Å². The first-order chi connectivity index (χ1) is 12.1. The van der Waals surface area contributed by atoms with Gasteiger partial charge >= 0.3 is 0 Å². The van der Waals surface area contributed by atoms with E-state index < -0.39 is 27.4 Å². The second-order valence-corrected chi connectivity index (χ2v) is 7.97. The van der Waals surface area contributed by atoms with E-state index in [1.165, 1.54) is 36.4 Å². The highest BCUT2D eigenvalue weighted by atomic mass is 35.5. The zero-order chi connectivity index (χ0) is 19.5. The van der Waals surface area contributed by atoms with Crippen LogP contribution in [0.1, 0.15) is 0 Å². The maximum absolute atomic E-state index is 12.3. The SMILES string of the molecule is CS(=O)(=O)N(CC(=O)Nc1cc([N+](=O)[O-])ccc1Cl)c1ccc(Cl)cc1. The Morgan fingerprint density at radius 2 is 1.81 bits per heavy atom. The van der Waals surface area contributed by atoms with Crippen LogP contribution in [0.3, 0.4) is 0 Å². The quantitative estimate of drug-likeness (QED) is 0.572. The van der Waals surface area contributed by atoms with E-state index in [9.17, 15) is 23.3 Å². The average Bonchev–Trinajstić information content (AvgIpc) is 2.54. The van der Waals surface area contributed by atoms with E-state index >= 15 is 0 Å². The number of nitrogens with zero attached hydrogens (tertiary/aromatic N) is 2. The van der Waals surface area contributed by atoms with Gasteiger partial charge in [-0.3, -0.25) is 19.2 Å². The van der Waals surface area contributed by atoms with Crippen molar-refractivity contribution in [3.63, 3.8) is 0 Å². The van der Waals surface area contributed by atoms with Gasteiger partial charge in [0.2, 0.25) is 15.9 Å². The largest absolute Gasteiger partial charge is 0.323 e. The molecule has 1 amide bonds. The Morgan fingerprint density at radius 1 is 1.19 bits per heavy atom. The molecule has 2 aromatic carbocycles. The van der Waals surface area contributed by atoms with Gasteiger partial charge in [0.15, 0.2) is 0 Å². The number of nitrogens with one attached hydrogen (secondary N) is 1. The van der Waals surface area contributed by atoms with Crippen molar-refractivity contribution in [2.24, 2.45) is 0 Å². The Hall–Kier alpha value is -2.36. The molecule has 138 valence electrons. The number of amides is 1. The highest BCUT2D eigenvalue weighted by Gasteiger charge is 2.22. The first-order valence-electron chi connectivity index (χ1n) is 7.05. The molecule has 0 aliphatic carbocycles. The molecule has 0 saturated carbocycles. The number of sulfonamides is 1. The lowest BCUT2D eigenvalue weighted by Crippen LogP contribution is -2.37. The number of anilines is 2. The van der Waals surface area contributed by atoms with E-state index in [1.807, 2.05) is 0 Å². The van der Waals surface area contributed by atoms with E-state index in [4.69, 9.17) is 23.2 Å². The molecule has 26 heavy (non-hydrogen) atoms. The minimum absolute atomic E-state index is 0.00965. The van der Waals surface area contributed by atoms with Crippen LogP contribution in [0.15, 0.2) is 42.5 Å². The van der Waals surface area contributed by atoms with Gasteiger partial charge in [0.1, 0.15) is 6.54 Å². The zero-order valence-corrected chi connectivity index (χ0v) is 15.7. The summed E-state index contributed by atoms with van der Waals surface area (Å²) in [6.45, 7) is -0.542. The van der Waals surface area contributed by atoms with E-state index in [-0.39, 0.29) is 22.1 Å². The van der Waals surface area contributed by atoms with Gasteiger partial charge in [-0.05, 0) is 30.3 Å². The van der Waals surface area contributed by atoms with Gasteiger partial charge in [-0.2, -0.15) is 0 Å². The summed E-state index contributed by atoms with van der Waals surface area (Å²) in [6, 6.07) is 9.44. The van der Waals surface area contributed by atoms with Gasteiger partial charge in [0.05, 0.1) is 27.6 Å². The van der Waals surface area contributed by atoms with Crippen molar-refractivity contribution in [2.75, 3.05) is 22.4 Å². The lowest BCUT2D eigenvalue weighted by atomic mass is 10.2. The third-order valence-electron chi connectivity index (χ3n) is 3.24. The van der Waals surface area contributed by atoms with Crippen LogP contribution in [0.25, 0.3) is 0 Å². The van der Waals surface area contributed by atoms with Crippen molar-refractivity contribution < 1.29 is 18.1 Å². The molecule has 0 saturated heterocycles. The maximum Gasteiger partial charge on any atom is 0.271 e. The molecule has 8 nitrogen and oxygen atoms in total. The van der Waals surface area contributed by atoms with Crippen molar-refractivity contribution >= 4 is 56.2 Å². The molecule has 11 heteroatoms. The molecule has 0 fully saturated rings. The lowest BCUT2D eigenvalue weighted by molar-refractivity contribution is -0.384. The van der Waals surface area contributed by atoms with Gasteiger partial charge < -0.3 is 5.32 Å². The van der Waals surface area contributed by atoms with Crippen LogP contribution in [0.2, 0.25) is 10.0 Å². The summed E-state index contributed by atoms with van der Waals surface area (Å²) in [7, 11) is -3.76. The van der Waals surface area contributed by atoms with Crippen LogP contribution < -0.4 is 9.62 Å². The minimum Gasteiger partial charge on any atom is -0.323 e. The molecule has 2 rings (SSSR count). The number of carbonyl (C=O) groups excluding carboxylic acids is 1. The standard InChI is InChI=1S/C15H13Cl2N3O5S/c1-26(24,25)19(11-4-2-10(16)3-5-11)9-15(21)18-14-8-12(20(22)23)6-7-13(14)17/h2-8H,9H2,1H3,(H,18,21). The van der Waals surface area contributed by atoms with Gasteiger partial charge in [-0.25, -0.2) is 8.42 Å². The summed E-state index contributed by atoms with van der Waals surface area (Å²) < 4.78 is 24.9. The Kier molecular flexibility index (Phi) is 6.06. The molecule has 2 aromatic rings.